The molecular weight excluding hydrogens is 342 g/mol. The lowest BCUT2D eigenvalue weighted by Gasteiger charge is -2.26. The Kier molecular flexibility index (Phi) is 4.99. The summed E-state index contributed by atoms with van der Waals surface area (Å²) in [5, 5.41) is 6.23. The lowest BCUT2D eigenvalue weighted by atomic mass is 9.87. The number of rotatable bonds is 5. The maximum atomic E-state index is 13.0. The predicted molar refractivity (Wildman–Crippen MR) is 94.1 cm³/mol. The molecular formula is C18H22ClN3O3. The Morgan fingerprint density at radius 1 is 1.28 bits per heavy atom. The van der Waals surface area contributed by atoms with Gasteiger partial charge in [0.1, 0.15) is 12.1 Å². The van der Waals surface area contributed by atoms with E-state index in [0.29, 0.717) is 17.0 Å². The summed E-state index contributed by atoms with van der Waals surface area (Å²) in [6, 6.07) is 6.44. The number of urea groups is 1. The molecule has 1 unspecified atom stereocenters. The summed E-state index contributed by atoms with van der Waals surface area (Å²) >= 11 is 5.91. The number of amides is 4. The van der Waals surface area contributed by atoms with Crippen molar-refractivity contribution >= 4 is 29.4 Å². The van der Waals surface area contributed by atoms with Gasteiger partial charge >= 0.3 is 6.03 Å². The van der Waals surface area contributed by atoms with Crippen LogP contribution in [0.4, 0.5) is 4.79 Å². The maximum Gasteiger partial charge on any atom is 0.325 e. The van der Waals surface area contributed by atoms with Gasteiger partial charge in [-0.1, -0.05) is 43.5 Å². The highest BCUT2D eigenvalue weighted by Crippen LogP contribution is 2.33. The molecule has 1 saturated heterocycles. The molecule has 1 aromatic carbocycles. The van der Waals surface area contributed by atoms with Gasteiger partial charge in [-0.05, 0) is 37.0 Å². The number of carbonyl (C=O) groups excluding carboxylic acids is 3. The summed E-state index contributed by atoms with van der Waals surface area (Å²) in [6.45, 7) is 1.57. The SMILES string of the molecule is CCC1(c2ccc(Cl)cc2)NC(=O)N(CC(=O)NC2CCCC2)C1=O. The number of benzene rings is 1. The van der Waals surface area contributed by atoms with E-state index >= 15 is 0 Å². The third kappa shape index (κ3) is 3.35. The molecule has 2 N–H and O–H groups in total. The average Bonchev–Trinajstić information content (AvgIpc) is 3.18. The van der Waals surface area contributed by atoms with E-state index in [4.69, 9.17) is 11.6 Å². The van der Waals surface area contributed by atoms with Crippen LogP contribution >= 0.6 is 11.6 Å². The van der Waals surface area contributed by atoms with Crippen molar-refractivity contribution in [3.05, 3.63) is 34.9 Å². The predicted octanol–water partition coefficient (Wildman–Crippen LogP) is 2.56. The Balaban J connectivity index is 1.76. The first-order chi connectivity index (χ1) is 12.0. The van der Waals surface area contributed by atoms with Crippen molar-refractivity contribution < 1.29 is 14.4 Å². The van der Waals surface area contributed by atoms with Crippen LogP contribution in [0.2, 0.25) is 5.02 Å². The summed E-state index contributed by atoms with van der Waals surface area (Å²) in [6.07, 6.45) is 4.50. The zero-order chi connectivity index (χ0) is 18.0. The zero-order valence-corrected chi connectivity index (χ0v) is 14.9. The second-order valence-corrected chi connectivity index (χ2v) is 7.07. The van der Waals surface area contributed by atoms with Gasteiger partial charge in [0, 0.05) is 11.1 Å². The van der Waals surface area contributed by atoms with E-state index in [-0.39, 0.29) is 18.5 Å². The molecule has 1 aromatic rings. The summed E-state index contributed by atoms with van der Waals surface area (Å²) in [5.41, 5.74) is -0.480. The molecule has 4 amide bonds. The molecule has 6 nitrogen and oxygen atoms in total. The normalized spacial score (nSPS) is 23.8. The minimum Gasteiger partial charge on any atom is -0.352 e. The minimum absolute atomic E-state index is 0.153. The molecule has 1 aliphatic heterocycles. The number of halogens is 1. The average molecular weight is 364 g/mol. The largest absolute Gasteiger partial charge is 0.352 e. The second kappa shape index (κ2) is 7.04. The van der Waals surface area contributed by atoms with Crippen molar-refractivity contribution in [3.8, 4) is 0 Å². The molecule has 0 aromatic heterocycles. The number of carbonyl (C=O) groups is 3. The Hall–Kier alpha value is -2.08. The molecule has 7 heteroatoms. The van der Waals surface area contributed by atoms with Crippen molar-refractivity contribution in [2.45, 2.75) is 50.6 Å². The highest BCUT2D eigenvalue weighted by atomic mass is 35.5. The van der Waals surface area contributed by atoms with Crippen LogP contribution in [-0.4, -0.2) is 35.3 Å². The van der Waals surface area contributed by atoms with Gasteiger partial charge in [-0.25, -0.2) is 4.79 Å². The molecule has 134 valence electrons. The van der Waals surface area contributed by atoms with Crippen LogP contribution in [0.5, 0.6) is 0 Å². The molecule has 25 heavy (non-hydrogen) atoms. The van der Waals surface area contributed by atoms with Gasteiger partial charge in [-0.15, -0.1) is 0 Å². The lowest BCUT2D eigenvalue weighted by molar-refractivity contribution is -0.135. The smallest absolute Gasteiger partial charge is 0.325 e. The Morgan fingerprint density at radius 3 is 2.52 bits per heavy atom. The molecule has 1 aliphatic carbocycles. The number of hydrogen-bond acceptors (Lipinski definition) is 3. The quantitative estimate of drug-likeness (QED) is 0.789. The van der Waals surface area contributed by atoms with E-state index < -0.39 is 17.5 Å². The van der Waals surface area contributed by atoms with Gasteiger partial charge in [0.25, 0.3) is 5.91 Å². The topological polar surface area (TPSA) is 78.5 Å². The van der Waals surface area contributed by atoms with E-state index in [2.05, 4.69) is 10.6 Å². The number of nitrogens with one attached hydrogen (secondary N) is 2. The molecule has 0 bridgehead atoms. The van der Waals surface area contributed by atoms with Crippen LogP contribution in [0.1, 0.15) is 44.6 Å². The van der Waals surface area contributed by atoms with Crippen molar-refractivity contribution in [2.75, 3.05) is 6.54 Å². The monoisotopic (exact) mass is 363 g/mol. The highest BCUT2D eigenvalue weighted by Gasteiger charge is 2.51. The molecule has 1 heterocycles. The first-order valence-electron chi connectivity index (χ1n) is 8.66. The Morgan fingerprint density at radius 2 is 1.92 bits per heavy atom. The summed E-state index contributed by atoms with van der Waals surface area (Å²) in [5.74, 6) is -0.692. The maximum absolute atomic E-state index is 13.0. The van der Waals surface area contributed by atoms with Gasteiger partial charge in [0.15, 0.2) is 0 Å². The van der Waals surface area contributed by atoms with Gasteiger partial charge in [0.05, 0.1) is 0 Å². The number of nitrogens with zero attached hydrogens (tertiary/aromatic N) is 1. The second-order valence-electron chi connectivity index (χ2n) is 6.64. The van der Waals surface area contributed by atoms with E-state index in [1.807, 2.05) is 6.92 Å². The summed E-state index contributed by atoms with van der Waals surface area (Å²) in [4.78, 5) is 38.5. The molecule has 2 aliphatic rings. The van der Waals surface area contributed by atoms with Crippen LogP contribution in [0.25, 0.3) is 0 Å². The van der Waals surface area contributed by atoms with Crippen LogP contribution in [-0.2, 0) is 15.1 Å². The fourth-order valence-electron chi connectivity index (χ4n) is 3.63. The molecule has 2 fully saturated rings. The van der Waals surface area contributed by atoms with Crippen molar-refractivity contribution in [1.82, 2.24) is 15.5 Å². The first-order valence-corrected chi connectivity index (χ1v) is 9.03. The van der Waals surface area contributed by atoms with Crippen LogP contribution in [0.15, 0.2) is 24.3 Å². The number of hydrogen-bond donors (Lipinski definition) is 2. The van der Waals surface area contributed by atoms with Gasteiger partial charge in [0.2, 0.25) is 5.91 Å². The lowest BCUT2D eigenvalue weighted by Crippen LogP contribution is -2.45. The molecule has 0 radical (unpaired) electrons. The van der Waals surface area contributed by atoms with Crippen molar-refractivity contribution in [1.29, 1.82) is 0 Å². The van der Waals surface area contributed by atoms with Gasteiger partial charge < -0.3 is 10.6 Å². The molecule has 3 rings (SSSR count). The van der Waals surface area contributed by atoms with Gasteiger partial charge in [-0.2, -0.15) is 0 Å². The molecule has 1 saturated carbocycles. The van der Waals surface area contributed by atoms with E-state index in [1.165, 1.54) is 0 Å². The van der Waals surface area contributed by atoms with Crippen molar-refractivity contribution in [3.63, 3.8) is 0 Å². The van der Waals surface area contributed by atoms with E-state index in [9.17, 15) is 14.4 Å². The van der Waals surface area contributed by atoms with E-state index in [1.54, 1.807) is 24.3 Å². The Bertz CT molecular complexity index is 685. The molecule has 1 atom stereocenters. The zero-order valence-electron chi connectivity index (χ0n) is 14.2. The van der Waals surface area contributed by atoms with Crippen LogP contribution in [0, 0.1) is 0 Å². The fourth-order valence-corrected chi connectivity index (χ4v) is 3.76. The fraction of sp³-hybridized carbons (Fsp3) is 0.500. The third-order valence-corrected chi connectivity index (χ3v) is 5.32. The van der Waals surface area contributed by atoms with Crippen molar-refractivity contribution in [2.24, 2.45) is 0 Å². The first kappa shape index (κ1) is 17.7. The summed E-state index contributed by atoms with van der Waals surface area (Å²) < 4.78 is 0. The highest BCUT2D eigenvalue weighted by molar-refractivity contribution is 6.30. The van der Waals surface area contributed by atoms with Gasteiger partial charge in [-0.3, -0.25) is 14.5 Å². The third-order valence-electron chi connectivity index (χ3n) is 5.07. The number of imide groups is 1. The van der Waals surface area contributed by atoms with Crippen LogP contribution in [0.3, 0.4) is 0 Å². The van der Waals surface area contributed by atoms with E-state index in [0.717, 1.165) is 30.6 Å². The summed E-state index contributed by atoms with van der Waals surface area (Å²) in [7, 11) is 0. The minimum atomic E-state index is -1.14. The Labute approximate surface area is 151 Å². The van der Waals surface area contributed by atoms with Crippen LogP contribution < -0.4 is 10.6 Å². The standard InChI is InChI=1S/C18H22ClN3O3/c1-2-18(12-7-9-13(19)10-8-12)16(24)22(17(25)21-18)11-15(23)20-14-5-3-4-6-14/h7-10,14H,2-6,11H2,1H3,(H,20,23)(H,21,25). The molecule has 0 spiro atoms.